The zero-order chi connectivity index (χ0) is 19.3. The van der Waals surface area contributed by atoms with Crippen LogP contribution in [0.25, 0.3) is 28.2 Å². The summed E-state index contributed by atoms with van der Waals surface area (Å²) in [4.78, 5) is 8.89. The number of fused-ring (bicyclic) bond motifs is 2. The number of hydrogen-bond donors (Lipinski definition) is 0. The molecule has 3 aromatic heterocycles. The molecular formula is C21H21FN6. The van der Waals surface area contributed by atoms with Gasteiger partial charge in [-0.3, -0.25) is 0 Å². The van der Waals surface area contributed by atoms with Crippen molar-refractivity contribution in [2.24, 2.45) is 0 Å². The molecule has 0 spiro atoms. The number of benzene rings is 1. The van der Waals surface area contributed by atoms with Gasteiger partial charge < -0.3 is 0 Å². The van der Waals surface area contributed by atoms with E-state index in [1.54, 1.807) is 10.6 Å². The number of rotatable bonds is 2. The van der Waals surface area contributed by atoms with E-state index < -0.39 is 0 Å². The van der Waals surface area contributed by atoms with E-state index in [1.807, 2.05) is 32.2 Å². The lowest BCUT2D eigenvalue weighted by atomic mass is 9.84. The molecule has 1 fully saturated rings. The van der Waals surface area contributed by atoms with Gasteiger partial charge in [0.2, 0.25) is 5.82 Å². The maximum absolute atomic E-state index is 14.9. The number of aromatic nitrogens is 6. The van der Waals surface area contributed by atoms with Gasteiger partial charge in [0, 0.05) is 0 Å². The molecule has 7 heteroatoms. The average molecular weight is 376 g/mol. The summed E-state index contributed by atoms with van der Waals surface area (Å²) in [5, 5.41) is 13.0. The Kier molecular flexibility index (Phi) is 4.03. The van der Waals surface area contributed by atoms with Crippen LogP contribution in [0.3, 0.4) is 0 Å². The Hall–Kier alpha value is -2.96. The molecule has 0 atom stereocenters. The molecule has 0 amide bonds. The second-order valence-corrected chi connectivity index (χ2v) is 7.70. The molecule has 1 aromatic carbocycles. The fourth-order valence-electron chi connectivity index (χ4n) is 4.16. The van der Waals surface area contributed by atoms with Crippen molar-refractivity contribution in [1.82, 2.24) is 29.8 Å². The van der Waals surface area contributed by atoms with Crippen LogP contribution in [0.4, 0.5) is 4.39 Å². The van der Waals surface area contributed by atoms with Crippen LogP contribution in [0, 0.1) is 19.7 Å². The van der Waals surface area contributed by atoms with Crippen molar-refractivity contribution < 1.29 is 4.39 Å². The summed E-state index contributed by atoms with van der Waals surface area (Å²) in [5.41, 5.74) is 4.93. The van der Waals surface area contributed by atoms with Gasteiger partial charge in [-0.1, -0.05) is 19.3 Å². The van der Waals surface area contributed by atoms with E-state index in [1.165, 1.54) is 19.3 Å². The number of aryl methyl sites for hydroxylation is 2. The van der Waals surface area contributed by atoms with Gasteiger partial charge in [-0.2, -0.15) is 5.10 Å². The smallest absolute Gasteiger partial charge is 0.202 e. The highest BCUT2D eigenvalue weighted by molar-refractivity contribution is 5.77. The van der Waals surface area contributed by atoms with Crippen LogP contribution < -0.4 is 0 Å². The van der Waals surface area contributed by atoms with Gasteiger partial charge in [0.05, 0.1) is 11.9 Å². The normalized spacial score (nSPS) is 15.5. The maximum atomic E-state index is 14.9. The topological polar surface area (TPSA) is 68.9 Å². The SMILES string of the molecule is Cc1cn2nc(-c3nnc4cc(C5CCCCC5)cc(F)c4n3)cc(C)c2n1. The fourth-order valence-corrected chi connectivity index (χ4v) is 4.16. The van der Waals surface area contributed by atoms with E-state index >= 15 is 0 Å². The van der Waals surface area contributed by atoms with E-state index in [0.29, 0.717) is 23.0 Å². The standard InChI is InChI=1S/C21H21FN6/c1-12-8-18(27-28-11-13(2)23-21(12)28)20-24-19-16(22)9-15(10-17(19)25-26-20)14-6-4-3-5-7-14/h8-11,14H,3-7H2,1-2H3. The Bertz CT molecular complexity index is 1190. The summed E-state index contributed by atoms with van der Waals surface area (Å²) in [6, 6.07) is 5.43. The van der Waals surface area contributed by atoms with Gasteiger partial charge in [-0.25, -0.2) is 18.9 Å². The van der Waals surface area contributed by atoms with Crippen LogP contribution in [-0.4, -0.2) is 29.8 Å². The van der Waals surface area contributed by atoms with Crippen molar-refractivity contribution in [3.63, 3.8) is 0 Å². The summed E-state index contributed by atoms with van der Waals surface area (Å²) in [6.45, 7) is 3.87. The first kappa shape index (κ1) is 17.2. The molecule has 1 aliphatic carbocycles. The summed E-state index contributed by atoms with van der Waals surface area (Å²) >= 11 is 0. The van der Waals surface area contributed by atoms with Crippen LogP contribution in [0.2, 0.25) is 0 Å². The third kappa shape index (κ3) is 2.91. The highest BCUT2D eigenvalue weighted by atomic mass is 19.1. The van der Waals surface area contributed by atoms with Crippen molar-refractivity contribution in [1.29, 1.82) is 0 Å². The van der Waals surface area contributed by atoms with E-state index in [2.05, 4.69) is 25.3 Å². The third-order valence-electron chi connectivity index (χ3n) is 5.57. The summed E-state index contributed by atoms with van der Waals surface area (Å²) < 4.78 is 16.6. The van der Waals surface area contributed by atoms with Crippen molar-refractivity contribution in [3.8, 4) is 11.5 Å². The van der Waals surface area contributed by atoms with Crippen molar-refractivity contribution >= 4 is 16.7 Å². The molecule has 0 unspecified atom stereocenters. The van der Waals surface area contributed by atoms with E-state index in [-0.39, 0.29) is 11.3 Å². The molecule has 0 aliphatic heterocycles. The molecule has 6 nitrogen and oxygen atoms in total. The van der Waals surface area contributed by atoms with E-state index in [0.717, 1.165) is 35.3 Å². The lowest BCUT2D eigenvalue weighted by Gasteiger charge is -2.22. The molecule has 0 radical (unpaired) electrons. The molecule has 1 aliphatic rings. The molecule has 0 saturated heterocycles. The highest BCUT2D eigenvalue weighted by Gasteiger charge is 2.19. The molecule has 142 valence electrons. The van der Waals surface area contributed by atoms with Crippen molar-refractivity contribution in [2.75, 3.05) is 0 Å². The summed E-state index contributed by atoms with van der Waals surface area (Å²) in [6.07, 6.45) is 7.74. The molecule has 0 N–H and O–H groups in total. The van der Waals surface area contributed by atoms with Gasteiger partial charge in [0.15, 0.2) is 11.5 Å². The lowest BCUT2D eigenvalue weighted by molar-refractivity contribution is 0.442. The van der Waals surface area contributed by atoms with Gasteiger partial charge in [-0.15, -0.1) is 10.2 Å². The highest BCUT2D eigenvalue weighted by Crippen LogP contribution is 2.34. The van der Waals surface area contributed by atoms with Crippen LogP contribution in [0.5, 0.6) is 0 Å². The predicted octanol–water partition coefficient (Wildman–Crippen LogP) is 4.54. The van der Waals surface area contributed by atoms with Crippen molar-refractivity contribution in [2.45, 2.75) is 51.9 Å². The number of nitrogens with zero attached hydrogens (tertiary/aromatic N) is 6. The zero-order valence-electron chi connectivity index (χ0n) is 16.0. The van der Waals surface area contributed by atoms with Gasteiger partial charge >= 0.3 is 0 Å². The van der Waals surface area contributed by atoms with Crippen LogP contribution >= 0.6 is 0 Å². The first-order valence-corrected chi connectivity index (χ1v) is 9.76. The predicted molar refractivity (Wildman–Crippen MR) is 105 cm³/mol. The van der Waals surface area contributed by atoms with Crippen LogP contribution in [0.15, 0.2) is 24.4 Å². The second-order valence-electron chi connectivity index (χ2n) is 7.70. The minimum absolute atomic E-state index is 0.242. The molecule has 28 heavy (non-hydrogen) atoms. The first-order valence-electron chi connectivity index (χ1n) is 9.76. The molecule has 1 saturated carbocycles. The van der Waals surface area contributed by atoms with Crippen LogP contribution in [0.1, 0.15) is 54.8 Å². The summed E-state index contributed by atoms with van der Waals surface area (Å²) in [7, 11) is 0. The molecule has 5 rings (SSSR count). The second kappa shape index (κ2) is 6.58. The van der Waals surface area contributed by atoms with Gasteiger partial charge in [0.25, 0.3) is 0 Å². The third-order valence-corrected chi connectivity index (χ3v) is 5.57. The quantitative estimate of drug-likeness (QED) is 0.514. The Balaban J connectivity index is 1.59. The molecule has 3 heterocycles. The van der Waals surface area contributed by atoms with E-state index in [4.69, 9.17) is 0 Å². The fraction of sp³-hybridized carbons (Fsp3) is 0.381. The number of hydrogen-bond acceptors (Lipinski definition) is 5. The Morgan fingerprint density at radius 2 is 1.82 bits per heavy atom. The summed E-state index contributed by atoms with van der Waals surface area (Å²) in [5.74, 6) is 0.379. The van der Waals surface area contributed by atoms with Gasteiger partial charge in [0.1, 0.15) is 16.7 Å². The minimum Gasteiger partial charge on any atom is -0.232 e. The van der Waals surface area contributed by atoms with Crippen molar-refractivity contribution in [3.05, 3.63) is 47.0 Å². The maximum Gasteiger partial charge on any atom is 0.202 e. The average Bonchev–Trinajstić information content (AvgIpc) is 3.09. The number of halogens is 1. The number of imidazole rings is 1. The lowest BCUT2D eigenvalue weighted by Crippen LogP contribution is -2.06. The molecule has 4 aromatic rings. The van der Waals surface area contributed by atoms with Gasteiger partial charge in [-0.05, 0) is 61.9 Å². The van der Waals surface area contributed by atoms with E-state index in [9.17, 15) is 4.39 Å². The minimum atomic E-state index is -0.342. The Labute approximate surface area is 161 Å². The molecular weight excluding hydrogens is 355 g/mol. The largest absolute Gasteiger partial charge is 0.232 e. The first-order chi connectivity index (χ1) is 13.6. The van der Waals surface area contributed by atoms with Crippen LogP contribution in [-0.2, 0) is 0 Å². The zero-order valence-corrected chi connectivity index (χ0v) is 16.0. The Morgan fingerprint density at radius 3 is 2.64 bits per heavy atom. The Morgan fingerprint density at radius 1 is 1.00 bits per heavy atom. The molecule has 0 bridgehead atoms. The monoisotopic (exact) mass is 376 g/mol.